The SMILES string of the molecule is CC(NS(=O)(=O)c1ccc2c(c1)C(=O)N(C)C2=O)c1ccc(-c2ccccc2)cc1. The molecule has 3 aromatic rings. The molecule has 0 saturated heterocycles. The number of nitrogens with zero attached hydrogens (tertiary/aromatic N) is 1. The number of benzene rings is 3. The summed E-state index contributed by atoms with van der Waals surface area (Å²) in [5.74, 6) is -0.935. The Kier molecular flexibility index (Phi) is 5.01. The van der Waals surface area contributed by atoms with Crippen LogP contribution in [0.1, 0.15) is 39.2 Å². The highest BCUT2D eigenvalue weighted by atomic mass is 32.2. The summed E-state index contributed by atoms with van der Waals surface area (Å²) in [4.78, 5) is 25.1. The molecule has 1 aliphatic heterocycles. The van der Waals surface area contributed by atoms with E-state index in [2.05, 4.69) is 4.72 Å². The first-order valence-corrected chi connectivity index (χ1v) is 10.9. The van der Waals surface area contributed by atoms with E-state index in [1.807, 2.05) is 54.6 Å². The van der Waals surface area contributed by atoms with Crippen molar-refractivity contribution in [2.24, 2.45) is 0 Å². The number of amides is 2. The van der Waals surface area contributed by atoms with E-state index in [-0.39, 0.29) is 16.0 Å². The van der Waals surface area contributed by atoms with Crippen molar-refractivity contribution in [2.75, 3.05) is 7.05 Å². The van der Waals surface area contributed by atoms with Gasteiger partial charge in [0.25, 0.3) is 11.8 Å². The number of sulfonamides is 1. The van der Waals surface area contributed by atoms with Gasteiger partial charge in [-0.05, 0) is 41.8 Å². The standard InChI is InChI=1S/C23H20N2O4S/c1-15(16-8-10-18(11-9-16)17-6-4-3-5-7-17)24-30(28,29)19-12-13-20-21(14-19)23(27)25(2)22(20)26/h3-15,24H,1-2H3. The van der Waals surface area contributed by atoms with Crippen LogP contribution in [-0.2, 0) is 10.0 Å². The molecule has 1 N–H and O–H groups in total. The molecule has 4 rings (SSSR count). The van der Waals surface area contributed by atoms with E-state index in [1.54, 1.807) is 6.92 Å². The van der Waals surface area contributed by atoms with Crippen LogP contribution >= 0.6 is 0 Å². The summed E-state index contributed by atoms with van der Waals surface area (Å²) in [6, 6.07) is 21.1. The molecule has 0 aromatic heterocycles. The Morgan fingerprint density at radius 2 is 1.40 bits per heavy atom. The fourth-order valence-corrected chi connectivity index (χ4v) is 4.73. The zero-order valence-corrected chi connectivity index (χ0v) is 17.3. The molecule has 1 atom stereocenters. The summed E-state index contributed by atoms with van der Waals surface area (Å²) >= 11 is 0. The monoisotopic (exact) mass is 420 g/mol. The van der Waals surface area contributed by atoms with E-state index in [4.69, 9.17) is 0 Å². The Labute approximate surface area is 175 Å². The second-order valence-corrected chi connectivity index (χ2v) is 8.92. The summed E-state index contributed by atoms with van der Waals surface area (Å²) in [6.07, 6.45) is 0. The Morgan fingerprint density at radius 1 is 0.800 bits per heavy atom. The lowest BCUT2D eigenvalue weighted by Gasteiger charge is -2.15. The predicted molar refractivity (Wildman–Crippen MR) is 113 cm³/mol. The minimum atomic E-state index is -3.88. The lowest BCUT2D eigenvalue weighted by Crippen LogP contribution is -2.27. The predicted octanol–water partition coefficient (Wildman–Crippen LogP) is 3.62. The maximum absolute atomic E-state index is 12.9. The van der Waals surface area contributed by atoms with E-state index in [9.17, 15) is 18.0 Å². The summed E-state index contributed by atoms with van der Waals surface area (Å²) in [5.41, 5.74) is 3.25. The van der Waals surface area contributed by atoms with Gasteiger partial charge in [-0.2, -0.15) is 0 Å². The zero-order valence-electron chi connectivity index (χ0n) is 16.5. The average molecular weight is 420 g/mol. The fraction of sp³-hybridized carbons (Fsp3) is 0.130. The van der Waals surface area contributed by atoms with Gasteiger partial charge in [-0.25, -0.2) is 13.1 Å². The molecule has 0 saturated carbocycles. The Morgan fingerprint density at radius 3 is 2.07 bits per heavy atom. The fourth-order valence-electron chi connectivity index (χ4n) is 3.47. The van der Waals surface area contributed by atoms with Gasteiger partial charge < -0.3 is 0 Å². The molecule has 0 fully saturated rings. The second kappa shape index (κ2) is 7.51. The molecule has 0 spiro atoms. The van der Waals surface area contributed by atoms with E-state index in [0.717, 1.165) is 21.6 Å². The van der Waals surface area contributed by atoms with Crippen molar-refractivity contribution in [1.82, 2.24) is 9.62 Å². The van der Waals surface area contributed by atoms with E-state index in [1.165, 1.54) is 25.2 Å². The van der Waals surface area contributed by atoms with Gasteiger partial charge in [-0.1, -0.05) is 54.6 Å². The van der Waals surface area contributed by atoms with Gasteiger partial charge in [-0.3, -0.25) is 14.5 Å². The van der Waals surface area contributed by atoms with Gasteiger partial charge in [-0.15, -0.1) is 0 Å². The van der Waals surface area contributed by atoms with Gasteiger partial charge in [0.1, 0.15) is 0 Å². The van der Waals surface area contributed by atoms with Crippen LogP contribution in [0.25, 0.3) is 11.1 Å². The zero-order chi connectivity index (χ0) is 21.5. The highest BCUT2D eigenvalue weighted by molar-refractivity contribution is 7.89. The maximum atomic E-state index is 12.9. The van der Waals surface area contributed by atoms with Crippen LogP contribution < -0.4 is 4.72 Å². The van der Waals surface area contributed by atoms with Gasteiger partial charge in [0, 0.05) is 13.1 Å². The van der Waals surface area contributed by atoms with Crippen LogP contribution in [0.2, 0.25) is 0 Å². The van der Waals surface area contributed by atoms with Gasteiger partial charge >= 0.3 is 0 Å². The molecule has 0 aliphatic carbocycles. The Bertz CT molecular complexity index is 1240. The van der Waals surface area contributed by atoms with Crippen molar-refractivity contribution in [3.05, 3.63) is 89.5 Å². The average Bonchev–Trinajstić information content (AvgIpc) is 2.98. The number of hydrogen-bond acceptors (Lipinski definition) is 4. The first-order valence-electron chi connectivity index (χ1n) is 9.42. The van der Waals surface area contributed by atoms with Gasteiger partial charge in [0.2, 0.25) is 10.0 Å². The summed E-state index contributed by atoms with van der Waals surface area (Å²) in [6.45, 7) is 1.75. The normalized spacial score (nSPS) is 14.7. The first-order chi connectivity index (χ1) is 14.3. The molecule has 2 amide bonds. The Hall–Kier alpha value is -3.29. The van der Waals surface area contributed by atoms with Crippen LogP contribution in [-0.4, -0.2) is 32.2 Å². The minimum absolute atomic E-state index is 0.0505. The van der Waals surface area contributed by atoms with Gasteiger partial charge in [0.15, 0.2) is 0 Å². The number of carbonyl (C=O) groups excluding carboxylic acids is 2. The third kappa shape index (κ3) is 3.53. The van der Waals surface area contributed by atoms with Crippen LogP contribution in [0, 0.1) is 0 Å². The van der Waals surface area contributed by atoms with Crippen molar-refractivity contribution in [1.29, 1.82) is 0 Å². The molecule has 3 aromatic carbocycles. The van der Waals surface area contributed by atoms with Crippen LogP contribution in [0.3, 0.4) is 0 Å². The molecule has 7 heteroatoms. The molecule has 1 aliphatic rings. The molecule has 1 unspecified atom stereocenters. The van der Waals surface area contributed by atoms with Crippen LogP contribution in [0.4, 0.5) is 0 Å². The molecular weight excluding hydrogens is 400 g/mol. The van der Waals surface area contributed by atoms with Crippen LogP contribution in [0.5, 0.6) is 0 Å². The molecule has 30 heavy (non-hydrogen) atoms. The minimum Gasteiger partial charge on any atom is -0.277 e. The molecule has 0 radical (unpaired) electrons. The topological polar surface area (TPSA) is 83.6 Å². The van der Waals surface area contributed by atoms with Crippen molar-refractivity contribution in [2.45, 2.75) is 17.9 Å². The van der Waals surface area contributed by atoms with Crippen LogP contribution in [0.15, 0.2) is 77.7 Å². The molecular formula is C23H20N2O4S. The summed E-state index contributed by atoms with van der Waals surface area (Å²) in [5, 5.41) is 0. The quantitative estimate of drug-likeness (QED) is 0.639. The summed E-state index contributed by atoms with van der Waals surface area (Å²) < 4.78 is 28.3. The molecule has 1 heterocycles. The van der Waals surface area contributed by atoms with E-state index < -0.39 is 27.9 Å². The molecule has 152 valence electrons. The van der Waals surface area contributed by atoms with Crippen molar-refractivity contribution in [3.63, 3.8) is 0 Å². The second-order valence-electron chi connectivity index (χ2n) is 7.21. The van der Waals surface area contributed by atoms with Gasteiger partial charge in [0.05, 0.1) is 16.0 Å². The van der Waals surface area contributed by atoms with Crippen molar-refractivity contribution >= 4 is 21.8 Å². The van der Waals surface area contributed by atoms with E-state index >= 15 is 0 Å². The number of nitrogens with one attached hydrogen (secondary N) is 1. The summed E-state index contributed by atoms with van der Waals surface area (Å²) in [7, 11) is -2.51. The molecule has 0 bridgehead atoms. The molecule has 6 nitrogen and oxygen atoms in total. The lowest BCUT2D eigenvalue weighted by atomic mass is 10.0. The lowest BCUT2D eigenvalue weighted by molar-refractivity contribution is 0.0693. The van der Waals surface area contributed by atoms with Crippen molar-refractivity contribution in [3.8, 4) is 11.1 Å². The third-order valence-electron chi connectivity index (χ3n) is 5.22. The number of fused-ring (bicyclic) bond motifs is 1. The number of rotatable bonds is 5. The Balaban J connectivity index is 1.55. The van der Waals surface area contributed by atoms with Crippen molar-refractivity contribution < 1.29 is 18.0 Å². The third-order valence-corrected chi connectivity index (χ3v) is 6.76. The van der Waals surface area contributed by atoms with E-state index in [0.29, 0.717) is 0 Å². The first kappa shape index (κ1) is 20.0. The maximum Gasteiger partial charge on any atom is 0.261 e. The number of hydrogen-bond donors (Lipinski definition) is 1. The highest BCUT2D eigenvalue weighted by Gasteiger charge is 2.34. The largest absolute Gasteiger partial charge is 0.277 e. The number of carbonyl (C=O) groups is 2. The highest BCUT2D eigenvalue weighted by Crippen LogP contribution is 2.26. The smallest absolute Gasteiger partial charge is 0.261 e. The number of imide groups is 1.